The average molecular weight is 397 g/mol. The third-order valence-electron chi connectivity index (χ3n) is 5.51. The summed E-state index contributed by atoms with van der Waals surface area (Å²) < 4.78 is 5.23. The standard InChI is InChI=1S/C23H28N2O2S/c1-2-27-23(26)18-9-7-14-24(17-18)15-8-16-25-19-10-3-5-12-21(19)28-22-13-6-4-11-20(22)25/h3-6,10-13,18H,2,7-9,14-17H2,1H3/t18-/m1/s1. The molecule has 0 aromatic heterocycles. The van der Waals surface area contributed by atoms with E-state index in [0.29, 0.717) is 6.61 Å². The number of anilines is 2. The van der Waals surface area contributed by atoms with E-state index in [-0.39, 0.29) is 11.9 Å². The zero-order valence-corrected chi connectivity index (χ0v) is 17.3. The molecular formula is C23H28N2O2S. The highest BCUT2D eigenvalue weighted by atomic mass is 32.2. The molecule has 5 heteroatoms. The van der Waals surface area contributed by atoms with Crippen LogP contribution in [0.3, 0.4) is 0 Å². The van der Waals surface area contributed by atoms with Crippen molar-refractivity contribution in [2.75, 3.05) is 37.7 Å². The molecule has 148 valence electrons. The number of hydrogen-bond donors (Lipinski definition) is 0. The number of para-hydroxylation sites is 2. The van der Waals surface area contributed by atoms with Gasteiger partial charge < -0.3 is 14.5 Å². The third kappa shape index (κ3) is 4.20. The SMILES string of the molecule is CCOC(=O)[C@@H]1CCCN(CCCN2c3ccccc3Sc3ccccc32)C1. The summed E-state index contributed by atoms with van der Waals surface area (Å²) in [5.41, 5.74) is 2.60. The van der Waals surface area contributed by atoms with Crippen molar-refractivity contribution in [3.8, 4) is 0 Å². The number of fused-ring (bicyclic) bond motifs is 2. The van der Waals surface area contributed by atoms with Gasteiger partial charge in [-0.1, -0.05) is 36.0 Å². The van der Waals surface area contributed by atoms with E-state index in [1.165, 1.54) is 21.2 Å². The fourth-order valence-electron chi connectivity index (χ4n) is 4.19. The lowest BCUT2D eigenvalue weighted by Gasteiger charge is -2.35. The van der Waals surface area contributed by atoms with Crippen molar-refractivity contribution in [2.24, 2.45) is 5.92 Å². The molecule has 0 spiro atoms. The third-order valence-corrected chi connectivity index (χ3v) is 6.64. The van der Waals surface area contributed by atoms with Crippen LogP contribution in [-0.4, -0.2) is 43.7 Å². The zero-order chi connectivity index (χ0) is 19.3. The van der Waals surface area contributed by atoms with Crippen LogP contribution in [0.1, 0.15) is 26.2 Å². The molecule has 0 unspecified atom stereocenters. The Balaban J connectivity index is 1.39. The van der Waals surface area contributed by atoms with E-state index in [4.69, 9.17) is 4.74 Å². The second kappa shape index (κ2) is 9.01. The number of carbonyl (C=O) groups excluding carboxylic acids is 1. The van der Waals surface area contributed by atoms with E-state index in [1.54, 1.807) is 0 Å². The number of esters is 1. The molecule has 4 nitrogen and oxygen atoms in total. The van der Waals surface area contributed by atoms with Gasteiger partial charge in [0.05, 0.1) is 23.9 Å². The van der Waals surface area contributed by atoms with Gasteiger partial charge in [0.15, 0.2) is 0 Å². The molecule has 0 N–H and O–H groups in total. The fraction of sp³-hybridized carbons (Fsp3) is 0.435. The molecule has 2 heterocycles. The van der Waals surface area contributed by atoms with Gasteiger partial charge in [-0.05, 0) is 63.5 Å². The number of hydrogen-bond acceptors (Lipinski definition) is 5. The maximum Gasteiger partial charge on any atom is 0.310 e. The van der Waals surface area contributed by atoms with E-state index in [1.807, 2.05) is 18.7 Å². The Morgan fingerprint density at radius 3 is 2.43 bits per heavy atom. The minimum Gasteiger partial charge on any atom is -0.466 e. The minimum atomic E-state index is -0.0249. The molecule has 2 aliphatic rings. The largest absolute Gasteiger partial charge is 0.466 e. The molecule has 0 amide bonds. The van der Waals surface area contributed by atoms with Crippen LogP contribution in [0, 0.1) is 5.92 Å². The predicted octanol–water partition coefficient (Wildman–Crippen LogP) is 4.95. The molecule has 1 atom stereocenters. The number of piperidine rings is 1. The van der Waals surface area contributed by atoms with Crippen molar-refractivity contribution in [1.82, 2.24) is 4.90 Å². The van der Waals surface area contributed by atoms with Crippen molar-refractivity contribution in [1.29, 1.82) is 0 Å². The maximum atomic E-state index is 12.1. The summed E-state index contributed by atoms with van der Waals surface area (Å²) in [4.78, 5) is 19.6. The molecule has 4 rings (SSSR count). The first-order chi connectivity index (χ1) is 13.8. The van der Waals surface area contributed by atoms with Gasteiger partial charge in [-0.2, -0.15) is 0 Å². The first kappa shape index (κ1) is 19.3. The Hall–Kier alpha value is -1.98. The summed E-state index contributed by atoms with van der Waals surface area (Å²) in [5, 5.41) is 0. The second-order valence-electron chi connectivity index (χ2n) is 7.43. The van der Waals surface area contributed by atoms with Gasteiger partial charge in [-0.3, -0.25) is 4.79 Å². The molecule has 0 bridgehead atoms. The number of carbonyl (C=O) groups is 1. The lowest BCUT2D eigenvalue weighted by molar-refractivity contribution is -0.149. The van der Waals surface area contributed by atoms with Crippen LogP contribution < -0.4 is 4.90 Å². The first-order valence-electron chi connectivity index (χ1n) is 10.3. The topological polar surface area (TPSA) is 32.8 Å². The Labute approximate surface area is 171 Å². The van der Waals surface area contributed by atoms with Crippen molar-refractivity contribution >= 4 is 29.1 Å². The highest BCUT2D eigenvalue weighted by Gasteiger charge is 2.27. The fourth-order valence-corrected chi connectivity index (χ4v) is 5.28. The summed E-state index contributed by atoms with van der Waals surface area (Å²) in [6.07, 6.45) is 3.11. The van der Waals surface area contributed by atoms with E-state index >= 15 is 0 Å². The van der Waals surface area contributed by atoms with Crippen LogP contribution in [0.2, 0.25) is 0 Å². The number of likely N-dealkylation sites (tertiary alicyclic amines) is 1. The van der Waals surface area contributed by atoms with Crippen LogP contribution in [0.25, 0.3) is 0 Å². The number of benzene rings is 2. The van der Waals surface area contributed by atoms with Gasteiger partial charge in [-0.25, -0.2) is 0 Å². The number of ether oxygens (including phenoxy) is 1. The van der Waals surface area contributed by atoms with Crippen molar-refractivity contribution in [2.45, 2.75) is 36.0 Å². The molecule has 28 heavy (non-hydrogen) atoms. The summed E-state index contributed by atoms with van der Waals surface area (Å²) in [6, 6.07) is 17.3. The van der Waals surface area contributed by atoms with Gasteiger partial charge in [0.25, 0.3) is 0 Å². The molecule has 1 saturated heterocycles. The summed E-state index contributed by atoms with van der Waals surface area (Å²) >= 11 is 1.85. The summed E-state index contributed by atoms with van der Waals surface area (Å²) in [7, 11) is 0. The van der Waals surface area contributed by atoms with Gasteiger partial charge >= 0.3 is 5.97 Å². The Morgan fingerprint density at radius 2 is 1.75 bits per heavy atom. The van der Waals surface area contributed by atoms with Gasteiger partial charge in [0.1, 0.15) is 0 Å². The van der Waals surface area contributed by atoms with E-state index in [0.717, 1.165) is 45.4 Å². The molecule has 2 aromatic rings. The molecular weight excluding hydrogens is 368 g/mol. The van der Waals surface area contributed by atoms with Crippen LogP contribution in [0.4, 0.5) is 11.4 Å². The van der Waals surface area contributed by atoms with Gasteiger partial charge in [-0.15, -0.1) is 0 Å². The first-order valence-corrected chi connectivity index (χ1v) is 11.1. The number of nitrogens with zero attached hydrogens (tertiary/aromatic N) is 2. The van der Waals surface area contributed by atoms with Gasteiger partial charge in [0.2, 0.25) is 0 Å². The molecule has 0 aliphatic carbocycles. The van der Waals surface area contributed by atoms with Crippen molar-refractivity contribution < 1.29 is 9.53 Å². The molecule has 2 aliphatic heterocycles. The molecule has 1 fully saturated rings. The minimum absolute atomic E-state index is 0.0249. The predicted molar refractivity (Wildman–Crippen MR) is 114 cm³/mol. The van der Waals surface area contributed by atoms with E-state index < -0.39 is 0 Å². The smallest absolute Gasteiger partial charge is 0.310 e. The van der Waals surface area contributed by atoms with Crippen LogP contribution >= 0.6 is 11.8 Å². The number of rotatable bonds is 6. The van der Waals surface area contributed by atoms with Crippen molar-refractivity contribution in [3.63, 3.8) is 0 Å². The van der Waals surface area contributed by atoms with Crippen molar-refractivity contribution in [3.05, 3.63) is 48.5 Å². The Kier molecular flexibility index (Phi) is 6.23. The normalized spacial score (nSPS) is 19.0. The summed E-state index contributed by atoms with van der Waals surface area (Å²) in [6.45, 7) is 6.27. The molecule has 0 radical (unpaired) electrons. The quantitative estimate of drug-likeness (QED) is 0.645. The average Bonchev–Trinajstić information content (AvgIpc) is 2.73. The Morgan fingerprint density at radius 1 is 1.07 bits per heavy atom. The lowest BCUT2D eigenvalue weighted by atomic mass is 9.98. The lowest BCUT2D eigenvalue weighted by Crippen LogP contribution is -2.40. The van der Waals surface area contributed by atoms with Gasteiger partial charge in [0, 0.05) is 22.9 Å². The highest BCUT2D eigenvalue weighted by molar-refractivity contribution is 7.99. The monoisotopic (exact) mass is 396 g/mol. The highest BCUT2D eigenvalue weighted by Crippen LogP contribution is 2.47. The maximum absolute atomic E-state index is 12.1. The molecule has 2 aromatic carbocycles. The zero-order valence-electron chi connectivity index (χ0n) is 16.5. The second-order valence-corrected chi connectivity index (χ2v) is 8.52. The van der Waals surface area contributed by atoms with Crippen LogP contribution in [0.15, 0.2) is 58.3 Å². The van der Waals surface area contributed by atoms with E-state index in [2.05, 4.69) is 58.3 Å². The van der Waals surface area contributed by atoms with Crippen LogP contribution in [-0.2, 0) is 9.53 Å². The van der Waals surface area contributed by atoms with E-state index in [9.17, 15) is 4.79 Å². The Bertz CT molecular complexity index is 780. The van der Waals surface area contributed by atoms with Crippen LogP contribution in [0.5, 0.6) is 0 Å². The summed E-state index contributed by atoms with van der Waals surface area (Å²) in [5.74, 6) is 0.0182. The molecule has 0 saturated carbocycles.